The predicted octanol–water partition coefficient (Wildman–Crippen LogP) is 0.407. The lowest BCUT2D eigenvalue weighted by Gasteiger charge is -2.26. The van der Waals surface area contributed by atoms with E-state index in [1.807, 2.05) is 0 Å². The number of thiazole rings is 1. The molecule has 0 aliphatic carbocycles. The Kier molecular flexibility index (Phi) is 4.93. The fraction of sp³-hybridized carbons (Fsp3) is 0.667. The van der Waals surface area contributed by atoms with Gasteiger partial charge in [-0.2, -0.15) is 0 Å². The third-order valence-electron chi connectivity index (χ3n) is 2.54. The summed E-state index contributed by atoms with van der Waals surface area (Å²) < 4.78 is 31.8. The van der Waals surface area contributed by atoms with E-state index in [0.29, 0.717) is 26.3 Å². The number of aromatic nitrogens is 1. The molecule has 9 heteroatoms. The molecule has 0 aromatic carbocycles. The van der Waals surface area contributed by atoms with E-state index in [9.17, 15) is 8.42 Å². The summed E-state index contributed by atoms with van der Waals surface area (Å²) in [5.41, 5.74) is 0. The highest BCUT2D eigenvalue weighted by atomic mass is 35.5. The van der Waals surface area contributed by atoms with Gasteiger partial charge in [0.15, 0.2) is 8.68 Å². The van der Waals surface area contributed by atoms with Crippen molar-refractivity contribution in [2.24, 2.45) is 0 Å². The summed E-state index contributed by atoms with van der Waals surface area (Å²) in [7, 11) is -3.48. The second kappa shape index (κ2) is 6.27. The Morgan fingerprint density at radius 3 is 2.83 bits per heavy atom. The van der Waals surface area contributed by atoms with Gasteiger partial charge in [0.2, 0.25) is 0 Å². The van der Waals surface area contributed by atoms with Crippen molar-refractivity contribution >= 4 is 33.0 Å². The number of rotatable bonds is 5. The van der Waals surface area contributed by atoms with Gasteiger partial charge in [-0.1, -0.05) is 22.9 Å². The van der Waals surface area contributed by atoms with Gasteiger partial charge >= 0.3 is 0 Å². The summed E-state index contributed by atoms with van der Waals surface area (Å²) in [6.07, 6.45) is 1.27. The van der Waals surface area contributed by atoms with Crippen molar-refractivity contribution in [1.82, 2.24) is 14.6 Å². The Balaban J connectivity index is 1.82. The average Bonchev–Trinajstić information content (AvgIpc) is 2.78. The van der Waals surface area contributed by atoms with E-state index in [0.717, 1.165) is 24.4 Å². The largest absolute Gasteiger partial charge is 0.379 e. The Labute approximate surface area is 115 Å². The molecule has 1 N–H and O–H groups in total. The molecule has 0 atom stereocenters. The Hall–Kier alpha value is -0.250. The van der Waals surface area contributed by atoms with Crippen LogP contribution in [0.5, 0.6) is 0 Å². The van der Waals surface area contributed by atoms with Crippen LogP contribution >= 0.6 is 22.9 Å². The molecular formula is C9H14ClN3O3S2. The highest BCUT2D eigenvalue weighted by molar-refractivity contribution is 7.91. The maximum absolute atomic E-state index is 11.8. The molecule has 1 aromatic heterocycles. The van der Waals surface area contributed by atoms with Crippen molar-refractivity contribution in [1.29, 1.82) is 0 Å². The first-order chi connectivity index (χ1) is 8.58. The normalized spacial score (nSPS) is 18.1. The fourth-order valence-corrected chi connectivity index (χ4v) is 3.96. The second-order valence-corrected chi connectivity index (χ2v) is 7.39. The molecule has 1 saturated heterocycles. The van der Waals surface area contributed by atoms with Crippen LogP contribution in [0.25, 0.3) is 0 Å². The number of morpholine rings is 1. The first kappa shape index (κ1) is 14.2. The van der Waals surface area contributed by atoms with Crippen LogP contribution in [0.2, 0.25) is 4.47 Å². The maximum Gasteiger partial charge on any atom is 0.251 e. The molecule has 2 heterocycles. The van der Waals surface area contributed by atoms with E-state index in [1.165, 1.54) is 6.20 Å². The monoisotopic (exact) mass is 311 g/mol. The van der Waals surface area contributed by atoms with E-state index < -0.39 is 10.0 Å². The van der Waals surface area contributed by atoms with Crippen molar-refractivity contribution in [3.63, 3.8) is 0 Å². The minimum absolute atomic E-state index is 0.148. The van der Waals surface area contributed by atoms with E-state index in [1.54, 1.807) is 0 Å². The van der Waals surface area contributed by atoms with Crippen molar-refractivity contribution in [2.75, 3.05) is 39.4 Å². The van der Waals surface area contributed by atoms with Crippen LogP contribution in [-0.2, 0) is 14.8 Å². The fourth-order valence-electron chi connectivity index (χ4n) is 1.60. The molecule has 0 bridgehead atoms. The van der Waals surface area contributed by atoms with Gasteiger partial charge in [-0.05, 0) is 0 Å². The van der Waals surface area contributed by atoms with Gasteiger partial charge in [0.25, 0.3) is 10.0 Å². The molecule has 102 valence electrons. The molecular weight excluding hydrogens is 298 g/mol. The maximum atomic E-state index is 11.8. The number of hydrogen-bond donors (Lipinski definition) is 1. The van der Waals surface area contributed by atoms with Crippen molar-refractivity contribution in [3.05, 3.63) is 10.7 Å². The van der Waals surface area contributed by atoms with Gasteiger partial charge in [0, 0.05) is 26.2 Å². The number of ether oxygens (including phenoxy) is 1. The number of nitrogens with one attached hydrogen (secondary N) is 1. The summed E-state index contributed by atoms with van der Waals surface area (Å²) in [6.45, 7) is 4.14. The Morgan fingerprint density at radius 1 is 1.50 bits per heavy atom. The molecule has 1 aliphatic heterocycles. The summed E-state index contributed by atoms with van der Waals surface area (Å²) in [5, 5.41) is 0. The lowest BCUT2D eigenvalue weighted by Crippen LogP contribution is -2.41. The summed E-state index contributed by atoms with van der Waals surface area (Å²) >= 11 is 6.57. The standard InChI is InChI=1S/C9H14ClN3O3S2/c10-9-11-7-8(17-9)18(14,15)12-1-2-13-3-5-16-6-4-13/h7,12H,1-6H2. The number of nitrogens with zero attached hydrogens (tertiary/aromatic N) is 2. The highest BCUT2D eigenvalue weighted by Gasteiger charge is 2.18. The molecule has 1 aromatic rings. The minimum Gasteiger partial charge on any atom is -0.379 e. The zero-order valence-corrected chi connectivity index (χ0v) is 12.0. The molecule has 0 amide bonds. The van der Waals surface area contributed by atoms with Crippen LogP contribution in [-0.4, -0.2) is 57.7 Å². The third kappa shape index (κ3) is 3.87. The lowest BCUT2D eigenvalue weighted by atomic mass is 10.4. The van der Waals surface area contributed by atoms with Crippen LogP contribution in [0.1, 0.15) is 0 Å². The molecule has 6 nitrogen and oxygen atoms in total. The minimum atomic E-state index is -3.48. The van der Waals surface area contributed by atoms with Crippen LogP contribution in [0.15, 0.2) is 10.4 Å². The summed E-state index contributed by atoms with van der Waals surface area (Å²) in [6, 6.07) is 0. The van der Waals surface area contributed by atoms with E-state index >= 15 is 0 Å². The first-order valence-corrected chi connectivity index (χ1v) is 8.17. The summed E-state index contributed by atoms with van der Waals surface area (Å²) in [5.74, 6) is 0. The Morgan fingerprint density at radius 2 is 2.22 bits per heavy atom. The van der Waals surface area contributed by atoms with E-state index in [-0.39, 0.29) is 8.68 Å². The second-order valence-electron chi connectivity index (χ2n) is 3.78. The van der Waals surface area contributed by atoms with Crippen LogP contribution in [0.3, 0.4) is 0 Å². The van der Waals surface area contributed by atoms with Crippen molar-refractivity contribution in [2.45, 2.75) is 4.21 Å². The topological polar surface area (TPSA) is 71.5 Å². The molecule has 1 aliphatic rings. The number of sulfonamides is 1. The molecule has 0 saturated carbocycles. The lowest BCUT2D eigenvalue weighted by molar-refractivity contribution is 0.0390. The van der Waals surface area contributed by atoms with Gasteiger partial charge in [-0.25, -0.2) is 18.1 Å². The molecule has 0 radical (unpaired) electrons. The van der Waals surface area contributed by atoms with E-state index in [4.69, 9.17) is 16.3 Å². The van der Waals surface area contributed by atoms with Gasteiger partial charge in [-0.15, -0.1) is 0 Å². The van der Waals surface area contributed by atoms with Gasteiger partial charge < -0.3 is 4.74 Å². The van der Waals surface area contributed by atoms with Crippen LogP contribution < -0.4 is 4.72 Å². The van der Waals surface area contributed by atoms with Gasteiger partial charge in [-0.3, -0.25) is 4.90 Å². The molecule has 1 fully saturated rings. The average molecular weight is 312 g/mol. The van der Waals surface area contributed by atoms with E-state index in [2.05, 4.69) is 14.6 Å². The van der Waals surface area contributed by atoms with Crippen molar-refractivity contribution < 1.29 is 13.2 Å². The first-order valence-electron chi connectivity index (χ1n) is 5.49. The quantitative estimate of drug-likeness (QED) is 0.852. The van der Waals surface area contributed by atoms with Crippen molar-refractivity contribution in [3.8, 4) is 0 Å². The van der Waals surface area contributed by atoms with Crippen LogP contribution in [0.4, 0.5) is 0 Å². The van der Waals surface area contributed by atoms with Crippen LogP contribution in [0, 0.1) is 0 Å². The third-order valence-corrected chi connectivity index (χ3v) is 5.58. The highest BCUT2D eigenvalue weighted by Crippen LogP contribution is 2.21. The SMILES string of the molecule is O=S(=O)(NCCN1CCOCC1)c1cnc(Cl)s1. The zero-order chi connectivity index (χ0) is 13.0. The molecule has 2 rings (SSSR count). The predicted molar refractivity (Wildman–Crippen MR) is 69.6 cm³/mol. The van der Waals surface area contributed by atoms with Gasteiger partial charge in [0.05, 0.1) is 19.4 Å². The molecule has 0 unspecified atom stereocenters. The zero-order valence-electron chi connectivity index (χ0n) is 9.63. The van der Waals surface area contributed by atoms with Gasteiger partial charge in [0.1, 0.15) is 0 Å². The Bertz CT molecular complexity index is 485. The number of hydrogen-bond acceptors (Lipinski definition) is 6. The molecule has 18 heavy (non-hydrogen) atoms. The molecule has 0 spiro atoms. The summed E-state index contributed by atoms with van der Waals surface area (Å²) in [4.78, 5) is 5.88. The number of halogens is 1. The smallest absolute Gasteiger partial charge is 0.251 e.